The van der Waals surface area contributed by atoms with E-state index in [2.05, 4.69) is 6.92 Å². The molecule has 146 valence electrons. The molecule has 1 heterocycles. The third-order valence-corrected chi connectivity index (χ3v) is 6.04. The maximum atomic E-state index is 10.6. The van der Waals surface area contributed by atoms with E-state index in [1.807, 2.05) is 0 Å². The van der Waals surface area contributed by atoms with Crippen molar-refractivity contribution in [3.05, 3.63) is 0 Å². The Morgan fingerprint density at radius 1 is 1.12 bits per heavy atom. The monoisotopic (exact) mass is 356 g/mol. The number of aliphatic carboxylic acids is 1. The number of carbonyl (C=O) groups is 1. The Hall–Kier alpha value is -0.650. The molecule has 0 radical (unpaired) electrons. The Morgan fingerprint density at radius 3 is 2.64 bits per heavy atom. The summed E-state index contributed by atoms with van der Waals surface area (Å²) in [6.07, 6.45) is 10.2. The molecule has 0 bridgehead atoms. The van der Waals surface area contributed by atoms with Gasteiger partial charge in [0.1, 0.15) is 0 Å². The van der Waals surface area contributed by atoms with Crippen LogP contribution < -0.4 is 0 Å². The number of hydrogen-bond acceptors (Lipinski definition) is 4. The molecule has 5 heteroatoms. The molecule has 0 spiro atoms. The lowest BCUT2D eigenvalue weighted by Crippen LogP contribution is -2.22. The van der Waals surface area contributed by atoms with Crippen LogP contribution in [0.4, 0.5) is 0 Å². The highest BCUT2D eigenvalue weighted by atomic mass is 16.5. The number of fused-ring (bicyclic) bond motifs is 1. The zero-order valence-electron chi connectivity index (χ0n) is 15.6. The molecule has 3 N–H and O–H groups in total. The molecule has 2 rings (SSSR count). The first-order chi connectivity index (χ1) is 12.0. The highest BCUT2D eigenvalue weighted by Gasteiger charge is 2.48. The summed E-state index contributed by atoms with van der Waals surface area (Å²) in [4.78, 5) is 10.6. The normalized spacial score (nSPS) is 32.7. The zero-order chi connectivity index (χ0) is 18.2. The van der Waals surface area contributed by atoms with Gasteiger partial charge in [-0.05, 0) is 50.4 Å². The fourth-order valence-corrected chi connectivity index (χ4v) is 4.64. The second-order valence-corrected chi connectivity index (χ2v) is 8.03. The van der Waals surface area contributed by atoms with E-state index in [0.29, 0.717) is 18.8 Å². The molecule has 0 aromatic carbocycles. The van der Waals surface area contributed by atoms with Crippen LogP contribution in [0.2, 0.25) is 0 Å². The number of ether oxygens (including phenoxy) is 1. The van der Waals surface area contributed by atoms with E-state index < -0.39 is 5.97 Å². The van der Waals surface area contributed by atoms with Crippen LogP contribution in [0.3, 0.4) is 0 Å². The number of aliphatic hydroxyl groups is 2. The summed E-state index contributed by atoms with van der Waals surface area (Å²) in [6.45, 7) is 2.17. The summed E-state index contributed by atoms with van der Waals surface area (Å²) < 4.78 is 6.11. The number of aliphatic hydroxyl groups excluding tert-OH is 2. The first-order valence-corrected chi connectivity index (χ1v) is 10.2. The molecular weight excluding hydrogens is 320 g/mol. The molecule has 1 unspecified atom stereocenters. The van der Waals surface area contributed by atoms with Crippen LogP contribution in [-0.4, -0.2) is 45.7 Å². The van der Waals surface area contributed by atoms with Gasteiger partial charge in [0.15, 0.2) is 0 Å². The summed E-state index contributed by atoms with van der Waals surface area (Å²) >= 11 is 0. The summed E-state index contributed by atoms with van der Waals surface area (Å²) in [5, 5.41) is 29.2. The van der Waals surface area contributed by atoms with E-state index in [1.165, 1.54) is 12.8 Å². The Bertz CT molecular complexity index is 400. The molecule has 1 saturated carbocycles. The van der Waals surface area contributed by atoms with Crippen molar-refractivity contribution in [3.63, 3.8) is 0 Å². The molecule has 1 aliphatic carbocycles. The number of carboxylic acid groups (broad SMARTS) is 1. The van der Waals surface area contributed by atoms with Gasteiger partial charge >= 0.3 is 5.97 Å². The average molecular weight is 357 g/mol. The fraction of sp³-hybridized carbons (Fsp3) is 0.950. The topological polar surface area (TPSA) is 87.0 Å². The van der Waals surface area contributed by atoms with Crippen molar-refractivity contribution in [2.45, 2.75) is 108 Å². The van der Waals surface area contributed by atoms with Gasteiger partial charge in [-0.15, -0.1) is 0 Å². The third kappa shape index (κ3) is 6.54. The van der Waals surface area contributed by atoms with Gasteiger partial charge in [-0.3, -0.25) is 4.79 Å². The Kier molecular flexibility index (Phi) is 8.67. The molecule has 25 heavy (non-hydrogen) atoms. The predicted molar refractivity (Wildman–Crippen MR) is 96.4 cm³/mol. The van der Waals surface area contributed by atoms with Crippen LogP contribution in [0.15, 0.2) is 0 Å². The Balaban J connectivity index is 1.69. The zero-order valence-corrected chi connectivity index (χ0v) is 15.6. The molecule has 2 fully saturated rings. The van der Waals surface area contributed by atoms with E-state index in [-0.39, 0.29) is 36.8 Å². The van der Waals surface area contributed by atoms with Gasteiger partial charge in [-0.1, -0.05) is 32.6 Å². The minimum absolute atomic E-state index is 0.154. The van der Waals surface area contributed by atoms with Crippen molar-refractivity contribution >= 4 is 5.97 Å². The smallest absolute Gasteiger partial charge is 0.303 e. The minimum atomic E-state index is -0.732. The molecule has 6 atom stereocenters. The summed E-state index contributed by atoms with van der Waals surface area (Å²) in [7, 11) is 0. The molecule has 1 saturated heterocycles. The van der Waals surface area contributed by atoms with Gasteiger partial charge in [0.25, 0.3) is 0 Å². The number of carboxylic acids is 1. The van der Waals surface area contributed by atoms with Crippen molar-refractivity contribution < 1.29 is 24.9 Å². The second-order valence-electron chi connectivity index (χ2n) is 8.03. The lowest BCUT2D eigenvalue weighted by Gasteiger charge is -2.22. The van der Waals surface area contributed by atoms with Gasteiger partial charge in [-0.2, -0.15) is 0 Å². The number of unbranched alkanes of at least 4 members (excludes halogenated alkanes) is 3. The summed E-state index contributed by atoms with van der Waals surface area (Å²) in [5.41, 5.74) is 0. The average Bonchev–Trinajstić information content (AvgIpc) is 3.06. The van der Waals surface area contributed by atoms with Gasteiger partial charge in [0.2, 0.25) is 0 Å². The van der Waals surface area contributed by atoms with E-state index in [9.17, 15) is 15.0 Å². The third-order valence-electron chi connectivity index (χ3n) is 6.04. The molecular formula is C20H36O5. The van der Waals surface area contributed by atoms with Crippen LogP contribution in [0.1, 0.15) is 84.0 Å². The number of rotatable bonds is 12. The van der Waals surface area contributed by atoms with E-state index in [4.69, 9.17) is 9.84 Å². The quantitative estimate of drug-likeness (QED) is 0.466. The Labute approximate surface area is 151 Å². The largest absolute Gasteiger partial charge is 0.481 e. The highest BCUT2D eigenvalue weighted by molar-refractivity contribution is 5.66. The van der Waals surface area contributed by atoms with Crippen LogP contribution in [0, 0.1) is 11.8 Å². The summed E-state index contributed by atoms with van der Waals surface area (Å²) in [6, 6.07) is 0. The second kappa shape index (κ2) is 10.5. The maximum absolute atomic E-state index is 10.6. The van der Waals surface area contributed by atoms with E-state index in [1.54, 1.807) is 0 Å². The van der Waals surface area contributed by atoms with Crippen molar-refractivity contribution in [2.24, 2.45) is 11.8 Å². The van der Waals surface area contributed by atoms with Crippen LogP contribution in [0.5, 0.6) is 0 Å². The molecule has 0 amide bonds. The summed E-state index contributed by atoms with van der Waals surface area (Å²) in [5.74, 6) is -0.0814. The number of hydrogen-bond donors (Lipinski definition) is 3. The fourth-order valence-electron chi connectivity index (χ4n) is 4.64. The lowest BCUT2D eigenvalue weighted by molar-refractivity contribution is -0.137. The van der Waals surface area contributed by atoms with E-state index in [0.717, 1.165) is 44.9 Å². The lowest BCUT2D eigenvalue weighted by atomic mass is 9.85. The van der Waals surface area contributed by atoms with E-state index >= 15 is 0 Å². The first kappa shape index (κ1) is 20.7. The predicted octanol–water partition coefficient (Wildman–Crippen LogP) is 3.51. The van der Waals surface area contributed by atoms with Crippen LogP contribution in [-0.2, 0) is 9.53 Å². The SMILES string of the molecule is CCCCC[C@H](O)CCC1[C@H](O)C[C@@H]2O[C@H](CCCCC(=O)O)C[C@H]12. The molecule has 0 aromatic rings. The van der Waals surface area contributed by atoms with Gasteiger partial charge in [0, 0.05) is 12.8 Å². The van der Waals surface area contributed by atoms with Crippen molar-refractivity contribution in [3.8, 4) is 0 Å². The standard InChI is InChI=1S/C20H36O5/c1-2-3-4-7-14(21)10-11-16-17-12-15(8-5-6-9-20(23)24)25-19(17)13-18(16)22/h14-19,21-22H,2-13H2,1H3,(H,23,24)/t14-,15+,16?,17+,18+,19-/m0/s1. The van der Waals surface area contributed by atoms with Crippen LogP contribution in [0.25, 0.3) is 0 Å². The Morgan fingerprint density at radius 2 is 1.92 bits per heavy atom. The maximum Gasteiger partial charge on any atom is 0.303 e. The van der Waals surface area contributed by atoms with Gasteiger partial charge in [0.05, 0.1) is 24.4 Å². The molecule has 2 aliphatic rings. The molecule has 0 aromatic heterocycles. The van der Waals surface area contributed by atoms with Gasteiger partial charge < -0.3 is 20.1 Å². The molecule has 1 aliphatic heterocycles. The van der Waals surface area contributed by atoms with Crippen LogP contribution >= 0.6 is 0 Å². The minimum Gasteiger partial charge on any atom is -0.481 e. The molecule has 5 nitrogen and oxygen atoms in total. The van der Waals surface area contributed by atoms with Crippen molar-refractivity contribution in [2.75, 3.05) is 0 Å². The first-order valence-electron chi connectivity index (χ1n) is 10.2. The van der Waals surface area contributed by atoms with Crippen molar-refractivity contribution in [1.82, 2.24) is 0 Å². The highest BCUT2D eigenvalue weighted by Crippen LogP contribution is 2.46. The van der Waals surface area contributed by atoms with Crippen molar-refractivity contribution in [1.29, 1.82) is 0 Å². The van der Waals surface area contributed by atoms with Gasteiger partial charge in [-0.25, -0.2) is 0 Å².